The first-order valence-corrected chi connectivity index (χ1v) is 4.13. The van der Waals surface area contributed by atoms with Crippen molar-refractivity contribution in [2.75, 3.05) is 0 Å². The van der Waals surface area contributed by atoms with Crippen LogP contribution < -0.4 is 5.73 Å². The number of carbonyl (C=O) groups excluding carboxylic acids is 1. The van der Waals surface area contributed by atoms with E-state index in [9.17, 15) is 9.90 Å². The lowest BCUT2D eigenvalue weighted by molar-refractivity contribution is -0.182. The highest BCUT2D eigenvalue weighted by atomic mass is 35.5. The van der Waals surface area contributed by atoms with Gasteiger partial charge in [-0.2, -0.15) is 0 Å². The quantitative estimate of drug-likeness (QED) is 0.423. The molecule has 4 nitrogen and oxygen atoms in total. The molecule has 0 aromatic rings. The average Bonchev–Trinajstić information content (AvgIpc) is 2.03. The third-order valence-corrected chi connectivity index (χ3v) is 2.10. The number of ether oxygens (including phenoxy) is 1. The lowest BCUT2D eigenvalue weighted by Crippen LogP contribution is -2.58. The number of hydrogen-bond acceptors (Lipinski definition) is 4. The third-order valence-electron chi connectivity index (χ3n) is 2.10. The Bertz CT molecular complexity index is 214. The first-order valence-electron chi connectivity index (χ1n) is 4.13. The summed E-state index contributed by atoms with van der Waals surface area (Å²) in [5.74, 6) is -0.595. The Morgan fingerprint density at radius 3 is 2.36 bits per heavy atom. The van der Waals surface area contributed by atoms with Gasteiger partial charge >= 0.3 is 5.97 Å². The second-order valence-electron chi connectivity index (χ2n) is 3.41. The fraction of sp³-hybridized carbons (Fsp3) is 0.667. The molecule has 84 valence electrons. The van der Waals surface area contributed by atoms with E-state index in [1.54, 1.807) is 20.8 Å². The number of nitrogens with two attached hydrogens (primary N) is 1. The van der Waals surface area contributed by atoms with Crippen LogP contribution in [-0.2, 0) is 9.53 Å². The molecule has 0 saturated heterocycles. The molecule has 3 N–H and O–H groups in total. The summed E-state index contributed by atoms with van der Waals surface area (Å²) in [4.78, 5) is 10.9. The lowest BCUT2D eigenvalue weighted by Gasteiger charge is -2.37. The third kappa shape index (κ3) is 3.65. The standard InChI is InChI=1S/C9H17NO3.ClH/c1-5-7(11)13-8(3,4)9(10,12)6-2;/h5,12H,1,6,10H2,2-4H3;1H. The van der Waals surface area contributed by atoms with Gasteiger partial charge in [-0.25, -0.2) is 4.79 Å². The molecule has 0 aromatic heterocycles. The lowest BCUT2D eigenvalue weighted by atomic mass is 9.92. The van der Waals surface area contributed by atoms with Crippen LogP contribution in [-0.4, -0.2) is 22.4 Å². The second-order valence-corrected chi connectivity index (χ2v) is 3.41. The molecule has 0 bridgehead atoms. The van der Waals surface area contributed by atoms with Gasteiger partial charge in [-0.15, -0.1) is 12.4 Å². The van der Waals surface area contributed by atoms with E-state index in [0.717, 1.165) is 6.08 Å². The summed E-state index contributed by atoms with van der Waals surface area (Å²) in [6.45, 7) is 8.07. The largest absolute Gasteiger partial charge is 0.452 e. The molecule has 0 spiro atoms. The molecule has 0 radical (unpaired) electrons. The predicted octanol–water partition coefficient (Wildman–Crippen LogP) is 0.973. The normalized spacial score (nSPS) is 14.9. The zero-order valence-electron chi connectivity index (χ0n) is 8.74. The van der Waals surface area contributed by atoms with Gasteiger partial charge in [0.25, 0.3) is 0 Å². The molecule has 0 aliphatic heterocycles. The van der Waals surface area contributed by atoms with Crippen LogP contribution in [0, 0.1) is 0 Å². The van der Waals surface area contributed by atoms with E-state index in [0.29, 0.717) is 6.42 Å². The van der Waals surface area contributed by atoms with Crippen LogP contribution >= 0.6 is 12.4 Å². The second kappa shape index (κ2) is 5.34. The SMILES string of the molecule is C=CC(=O)OC(C)(C)C(N)(O)CC.Cl. The Labute approximate surface area is 90.5 Å². The van der Waals surface area contributed by atoms with Gasteiger partial charge in [0, 0.05) is 6.08 Å². The highest BCUT2D eigenvalue weighted by Crippen LogP contribution is 2.24. The van der Waals surface area contributed by atoms with Crippen molar-refractivity contribution in [3.63, 3.8) is 0 Å². The molecule has 1 atom stereocenters. The maximum atomic E-state index is 10.9. The van der Waals surface area contributed by atoms with E-state index < -0.39 is 17.3 Å². The molecule has 0 saturated carbocycles. The maximum Gasteiger partial charge on any atom is 0.330 e. The minimum atomic E-state index is -1.52. The first kappa shape index (κ1) is 15.9. The smallest absolute Gasteiger partial charge is 0.330 e. The van der Waals surface area contributed by atoms with Gasteiger partial charge in [0.15, 0.2) is 5.72 Å². The highest BCUT2D eigenvalue weighted by Gasteiger charge is 2.41. The van der Waals surface area contributed by atoms with Crippen LogP contribution in [0.4, 0.5) is 0 Å². The predicted molar refractivity (Wildman–Crippen MR) is 57.0 cm³/mol. The van der Waals surface area contributed by atoms with Crippen molar-refractivity contribution in [1.82, 2.24) is 0 Å². The molecule has 0 rings (SSSR count). The minimum absolute atomic E-state index is 0. The van der Waals surface area contributed by atoms with Gasteiger partial charge in [0.05, 0.1) is 0 Å². The molecule has 0 aromatic carbocycles. The van der Waals surface area contributed by atoms with Crippen LogP contribution in [0.25, 0.3) is 0 Å². The van der Waals surface area contributed by atoms with Crippen molar-refractivity contribution in [1.29, 1.82) is 0 Å². The molecule has 0 fully saturated rings. The Morgan fingerprint density at radius 1 is 1.64 bits per heavy atom. The first-order chi connectivity index (χ1) is 5.77. The Morgan fingerprint density at radius 2 is 2.07 bits per heavy atom. The zero-order valence-corrected chi connectivity index (χ0v) is 9.56. The summed E-state index contributed by atoms with van der Waals surface area (Å²) in [6, 6.07) is 0. The molecule has 0 amide bonds. The van der Waals surface area contributed by atoms with Gasteiger partial charge in [0.2, 0.25) is 0 Å². The summed E-state index contributed by atoms with van der Waals surface area (Å²) < 4.78 is 4.91. The van der Waals surface area contributed by atoms with Crippen molar-refractivity contribution >= 4 is 18.4 Å². The fourth-order valence-corrected chi connectivity index (χ4v) is 0.807. The highest BCUT2D eigenvalue weighted by molar-refractivity contribution is 5.85. The van der Waals surface area contributed by atoms with Crippen molar-refractivity contribution in [2.45, 2.75) is 38.5 Å². The fourth-order valence-electron chi connectivity index (χ4n) is 0.807. The molecule has 1 unspecified atom stereocenters. The summed E-state index contributed by atoms with van der Waals surface area (Å²) >= 11 is 0. The summed E-state index contributed by atoms with van der Waals surface area (Å²) in [7, 11) is 0. The molecule has 0 aliphatic carbocycles. The van der Waals surface area contributed by atoms with E-state index in [2.05, 4.69) is 6.58 Å². The topological polar surface area (TPSA) is 72.5 Å². The van der Waals surface area contributed by atoms with E-state index >= 15 is 0 Å². The number of rotatable bonds is 4. The summed E-state index contributed by atoms with van der Waals surface area (Å²) in [5.41, 5.74) is 2.90. The van der Waals surface area contributed by atoms with Gasteiger partial charge in [0.1, 0.15) is 5.60 Å². The van der Waals surface area contributed by atoms with Gasteiger partial charge < -0.3 is 15.6 Å². The molecular weight excluding hydrogens is 206 g/mol. The van der Waals surface area contributed by atoms with E-state index in [4.69, 9.17) is 10.5 Å². The Hall–Kier alpha value is -0.580. The maximum absolute atomic E-state index is 10.9. The number of esters is 1. The summed E-state index contributed by atoms with van der Waals surface area (Å²) in [5, 5.41) is 9.66. The van der Waals surface area contributed by atoms with Crippen LogP contribution in [0.15, 0.2) is 12.7 Å². The summed E-state index contributed by atoms with van der Waals surface area (Å²) in [6.07, 6.45) is 1.33. The number of aliphatic hydroxyl groups is 1. The molecule has 5 heteroatoms. The van der Waals surface area contributed by atoms with Crippen LogP contribution in [0.5, 0.6) is 0 Å². The van der Waals surface area contributed by atoms with Gasteiger partial charge in [-0.05, 0) is 20.3 Å². The van der Waals surface area contributed by atoms with Crippen molar-refractivity contribution in [3.8, 4) is 0 Å². The number of halogens is 1. The van der Waals surface area contributed by atoms with Crippen molar-refractivity contribution in [3.05, 3.63) is 12.7 Å². The average molecular weight is 224 g/mol. The minimum Gasteiger partial charge on any atom is -0.452 e. The number of hydrogen-bond donors (Lipinski definition) is 2. The van der Waals surface area contributed by atoms with Gasteiger partial charge in [-0.1, -0.05) is 13.5 Å². The number of carbonyl (C=O) groups is 1. The Balaban J connectivity index is 0. The molecule has 0 heterocycles. The van der Waals surface area contributed by atoms with Crippen molar-refractivity contribution < 1.29 is 14.6 Å². The van der Waals surface area contributed by atoms with E-state index in [-0.39, 0.29) is 12.4 Å². The van der Waals surface area contributed by atoms with Crippen LogP contribution in [0.2, 0.25) is 0 Å². The Kier molecular flexibility index (Phi) is 6.05. The van der Waals surface area contributed by atoms with Crippen LogP contribution in [0.1, 0.15) is 27.2 Å². The molecule has 14 heavy (non-hydrogen) atoms. The molecular formula is C9H18ClNO3. The van der Waals surface area contributed by atoms with Crippen LogP contribution in [0.3, 0.4) is 0 Å². The van der Waals surface area contributed by atoms with E-state index in [1.165, 1.54) is 0 Å². The van der Waals surface area contributed by atoms with Gasteiger partial charge in [-0.3, -0.25) is 0 Å². The van der Waals surface area contributed by atoms with E-state index in [1.807, 2.05) is 0 Å². The van der Waals surface area contributed by atoms with Crippen molar-refractivity contribution in [2.24, 2.45) is 5.73 Å². The monoisotopic (exact) mass is 223 g/mol. The molecule has 0 aliphatic rings. The zero-order chi connectivity index (χ0) is 10.7.